The van der Waals surface area contributed by atoms with E-state index in [0.717, 1.165) is 27.8 Å². The number of azide groups is 1. The summed E-state index contributed by atoms with van der Waals surface area (Å²) in [4.78, 5) is 44.5. The van der Waals surface area contributed by atoms with E-state index in [2.05, 4.69) is 86.7 Å². The Bertz CT molecular complexity index is 2560. The second-order valence-electron chi connectivity index (χ2n) is 19.8. The number of hydrogen-bond acceptors (Lipinski definition) is 16. The average Bonchev–Trinajstić information content (AvgIpc) is 1.14. The van der Waals surface area contributed by atoms with Crippen molar-refractivity contribution in [1.82, 2.24) is 16.0 Å². The summed E-state index contributed by atoms with van der Waals surface area (Å²) in [5, 5.41) is 25.8. The highest BCUT2D eigenvalue weighted by molar-refractivity contribution is 5.98. The fourth-order valence-corrected chi connectivity index (χ4v) is 8.92. The van der Waals surface area contributed by atoms with Crippen molar-refractivity contribution in [2.75, 3.05) is 151 Å². The molecule has 0 radical (unpaired) electrons. The van der Waals surface area contributed by atoms with Gasteiger partial charge in [0, 0.05) is 30.0 Å². The van der Waals surface area contributed by atoms with Gasteiger partial charge in [-0.2, -0.15) is 0 Å². The first-order valence-corrected chi connectivity index (χ1v) is 29.7. The van der Waals surface area contributed by atoms with E-state index in [1.54, 1.807) is 24.3 Å². The predicted molar refractivity (Wildman–Crippen MR) is 328 cm³/mol. The van der Waals surface area contributed by atoms with Gasteiger partial charge in [0.05, 0.1) is 144 Å². The van der Waals surface area contributed by atoms with Crippen molar-refractivity contribution in [3.05, 3.63) is 183 Å². The SMILES string of the molecule is Cc1ccc(C(NCCCC[C@H](NC(=O)[C@H](Cc2ccccc2)NC(=O)CCOCCOCCOCCOCCOCCOCCOCCOCCOCCOCCN=[N+]=[N-])C(=O)Nc2ccc(CO)cc2)(c2ccccc2)c2ccccc2)cc1. The molecule has 468 valence electrons. The molecule has 0 aliphatic rings. The summed E-state index contributed by atoms with van der Waals surface area (Å²) >= 11 is 0. The maximum Gasteiger partial charge on any atom is 0.246 e. The van der Waals surface area contributed by atoms with Crippen LogP contribution in [0.1, 0.15) is 59.1 Å². The van der Waals surface area contributed by atoms with Crippen LogP contribution in [-0.2, 0) is 80.3 Å². The van der Waals surface area contributed by atoms with Crippen LogP contribution in [-0.4, -0.2) is 180 Å². The Morgan fingerprint density at radius 1 is 0.488 bits per heavy atom. The standard InChI is InChI=1S/C65H89N7O14/c1-53-20-24-58(25-21-53)65(56-15-7-3-8-16-56,57-17-9-4-10-18-57)67-29-12-11-19-60(63(75)69-59-26-22-55(52-73)23-27-59)71-64(76)61(51-54-13-5-2-6-14-54)70-62(74)28-31-77-33-35-79-37-39-81-41-43-83-45-47-85-49-50-86-48-46-84-44-42-82-40-38-80-36-34-78-32-30-68-72-66/h2-10,13-18,20-27,60-61,67,73H,11-12,19,28-52H2,1H3,(H,69,75)(H,70,74)(H,71,76)/t60-,61-/m0/s1. The first-order valence-electron chi connectivity index (χ1n) is 29.7. The molecule has 0 bridgehead atoms. The number of carbonyl (C=O) groups is 3. The molecule has 0 unspecified atom stereocenters. The number of aliphatic hydroxyl groups excluding tert-OH is 1. The number of ether oxygens (including phenoxy) is 10. The van der Waals surface area contributed by atoms with Crippen molar-refractivity contribution in [3.63, 3.8) is 0 Å². The summed E-state index contributed by atoms with van der Waals surface area (Å²) in [7, 11) is 0. The zero-order chi connectivity index (χ0) is 60.8. The first kappa shape index (κ1) is 70.1. The van der Waals surface area contributed by atoms with Crippen LogP contribution in [0.5, 0.6) is 0 Å². The molecule has 3 amide bonds. The monoisotopic (exact) mass is 1190 g/mol. The minimum Gasteiger partial charge on any atom is -0.392 e. The lowest BCUT2D eigenvalue weighted by Gasteiger charge is -2.37. The quantitative estimate of drug-likeness (QED) is 0.00844. The summed E-state index contributed by atoms with van der Waals surface area (Å²) in [6, 6.07) is 43.7. The molecule has 0 heterocycles. The van der Waals surface area contributed by atoms with E-state index < -0.39 is 29.4 Å². The molecule has 0 saturated carbocycles. The molecule has 0 fully saturated rings. The zero-order valence-electron chi connectivity index (χ0n) is 49.8. The summed E-state index contributed by atoms with van der Waals surface area (Å²) < 4.78 is 55.1. The molecule has 0 aliphatic carbocycles. The summed E-state index contributed by atoms with van der Waals surface area (Å²) in [6.45, 7) is 10.9. The largest absolute Gasteiger partial charge is 0.392 e. The Balaban J connectivity index is 0.959. The molecular formula is C65H89N7O14. The average molecular weight is 1190 g/mol. The Morgan fingerprint density at radius 2 is 0.919 bits per heavy atom. The number of aliphatic hydroxyl groups is 1. The smallest absolute Gasteiger partial charge is 0.246 e. The number of carbonyl (C=O) groups excluding carboxylic acids is 3. The van der Waals surface area contributed by atoms with Crippen LogP contribution in [0.2, 0.25) is 0 Å². The number of aryl methyl sites for hydroxylation is 1. The molecule has 5 N–H and O–H groups in total. The van der Waals surface area contributed by atoms with Gasteiger partial charge in [-0.05, 0) is 78.2 Å². The van der Waals surface area contributed by atoms with E-state index in [-0.39, 0.29) is 38.6 Å². The Labute approximate surface area is 506 Å². The van der Waals surface area contributed by atoms with Crippen LogP contribution in [0.25, 0.3) is 10.4 Å². The van der Waals surface area contributed by atoms with Gasteiger partial charge in [-0.25, -0.2) is 0 Å². The van der Waals surface area contributed by atoms with E-state index in [9.17, 15) is 19.5 Å². The summed E-state index contributed by atoms with van der Waals surface area (Å²) in [5.41, 5.74) is 14.0. The highest BCUT2D eigenvalue weighted by Crippen LogP contribution is 2.37. The van der Waals surface area contributed by atoms with Gasteiger partial charge in [-0.1, -0.05) is 138 Å². The van der Waals surface area contributed by atoms with Gasteiger partial charge in [0.2, 0.25) is 17.7 Å². The molecular weight excluding hydrogens is 1100 g/mol. The second-order valence-corrected chi connectivity index (χ2v) is 19.8. The third-order valence-electron chi connectivity index (χ3n) is 13.4. The van der Waals surface area contributed by atoms with Crippen LogP contribution in [0.4, 0.5) is 5.69 Å². The molecule has 5 rings (SSSR count). The van der Waals surface area contributed by atoms with E-state index in [1.807, 2.05) is 66.7 Å². The van der Waals surface area contributed by atoms with Crippen LogP contribution < -0.4 is 21.3 Å². The fraction of sp³-hybridized carbons (Fsp3) is 0.492. The van der Waals surface area contributed by atoms with Crippen molar-refractivity contribution in [2.24, 2.45) is 5.11 Å². The van der Waals surface area contributed by atoms with Crippen LogP contribution in [0.15, 0.2) is 145 Å². The number of anilines is 1. The molecule has 5 aromatic rings. The molecule has 0 aromatic heterocycles. The maximum absolute atomic E-state index is 14.3. The highest BCUT2D eigenvalue weighted by atomic mass is 16.6. The fourth-order valence-electron chi connectivity index (χ4n) is 8.92. The topological polar surface area (TPSA) is 261 Å². The highest BCUT2D eigenvalue weighted by Gasteiger charge is 2.36. The van der Waals surface area contributed by atoms with E-state index in [1.165, 1.54) is 0 Å². The predicted octanol–water partition coefficient (Wildman–Crippen LogP) is 7.26. The van der Waals surface area contributed by atoms with Crippen LogP contribution >= 0.6 is 0 Å². The van der Waals surface area contributed by atoms with Gasteiger partial charge in [-0.3, -0.25) is 19.7 Å². The van der Waals surface area contributed by atoms with Crippen molar-refractivity contribution < 1.29 is 66.9 Å². The number of unbranched alkanes of at least 4 members (excludes halogenated alkanes) is 1. The Kier molecular flexibility index (Phi) is 36.5. The van der Waals surface area contributed by atoms with E-state index in [0.29, 0.717) is 163 Å². The van der Waals surface area contributed by atoms with Gasteiger partial charge in [0.25, 0.3) is 0 Å². The van der Waals surface area contributed by atoms with Gasteiger partial charge in [0.1, 0.15) is 12.1 Å². The first-order chi connectivity index (χ1) is 42.3. The number of benzene rings is 5. The van der Waals surface area contributed by atoms with Crippen molar-refractivity contribution in [1.29, 1.82) is 0 Å². The van der Waals surface area contributed by atoms with Crippen molar-refractivity contribution in [3.8, 4) is 0 Å². The Hall–Kier alpha value is -6.66. The van der Waals surface area contributed by atoms with Crippen LogP contribution in [0.3, 0.4) is 0 Å². The van der Waals surface area contributed by atoms with Gasteiger partial charge >= 0.3 is 0 Å². The maximum atomic E-state index is 14.3. The molecule has 0 spiro atoms. The normalized spacial score (nSPS) is 12.1. The van der Waals surface area contributed by atoms with E-state index >= 15 is 0 Å². The van der Waals surface area contributed by atoms with E-state index in [4.69, 9.17) is 52.9 Å². The third-order valence-corrected chi connectivity index (χ3v) is 13.4. The lowest BCUT2D eigenvalue weighted by atomic mass is 9.76. The van der Waals surface area contributed by atoms with Crippen molar-refractivity contribution >= 4 is 23.4 Å². The minimum absolute atomic E-state index is 0.00577. The molecule has 0 saturated heterocycles. The molecule has 0 aliphatic heterocycles. The second kappa shape index (κ2) is 44.7. The number of amides is 3. The van der Waals surface area contributed by atoms with Crippen molar-refractivity contribution in [2.45, 2.75) is 63.3 Å². The van der Waals surface area contributed by atoms with Gasteiger partial charge in [-0.15, -0.1) is 0 Å². The number of hydrogen-bond donors (Lipinski definition) is 5. The number of nitrogens with one attached hydrogen (secondary N) is 4. The van der Waals surface area contributed by atoms with Gasteiger partial charge < -0.3 is 68.4 Å². The molecule has 2 atom stereocenters. The number of nitrogens with zero attached hydrogens (tertiary/aromatic N) is 3. The summed E-state index contributed by atoms with van der Waals surface area (Å²) in [5.74, 6) is -1.27. The molecule has 21 heteroatoms. The molecule has 5 aromatic carbocycles. The Morgan fingerprint density at radius 3 is 1.37 bits per heavy atom. The molecule has 86 heavy (non-hydrogen) atoms. The molecule has 21 nitrogen and oxygen atoms in total. The zero-order valence-corrected chi connectivity index (χ0v) is 49.8. The lowest BCUT2D eigenvalue weighted by molar-refractivity contribution is -0.131. The van der Waals surface area contributed by atoms with Crippen LogP contribution in [0, 0.1) is 6.92 Å². The summed E-state index contributed by atoms with van der Waals surface area (Å²) in [6.07, 6.45) is 1.78. The number of rotatable bonds is 50. The lowest BCUT2D eigenvalue weighted by Crippen LogP contribution is -2.53. The third kappa shape index (κ3) is 28.7. The minimum atomic E-state index is -0.985. The van der Waals surface area contributed by atoms with Gasteiger partial charge in [0.15, 0.2) is 0 Å².